The Hall–Kier alpha value is -4.48. The number of carbonyl (C=O) groups excluding carboxylic acids is 5. The predicted octanol–water partition coefficient (Wildman–Crippen LogP) is 3.34. The van der Waals surface area contributed by atoms with E-state index in [4.69, 9.17) is 4.42 Å². The minimum absolute atomic E-state index is 0.00908. The van der Waals surface area contributed by atoms with Gasteiger partial charge in [0.15, 0.2) is 5.76 Å². The van der Waals surface area contributed by atoms with Gasteiger partial charge in [-0.2, -0.15) is 0 Å². The standard InChI is InChI=1S/C35H45N5O7/c1-3-21-17-23-10-7-11-24(18-21)31(23)39-30(42)20-40-16-8-12-26(35(40)46)38-32(43)25(14-15-27(41)33(44)36-4-2)37-34(45)29-19-22-9-5-6-13-28(22)47-29/h6,8,12-13,16,19,21,23-25,31H,3-5,7,9-11,14-15,17-18,20H2,1-2H3,(H,36,44)(H,37,45)(H,38,43)(H,39,42)/t21?,23?,24?,25-,31?/m0/s1. The molecular formula is C35H45N5O7. The van der Waals surface area contributed by atoms with Crippen molar-refractivity contribution < 1.29 is 28.4 Å². The minimum atomic E-state index is -1.27. The zero-order valence-corrected chi connectivity index (χ0v) is 27.1. The van der Waals surface area contributed by atoms with Gasteiger partial charge in [-0.05, 0) is 99.5 Å². The Morgan fingerprint density at radius 2 is 1.85 bits per heavy atom. The van der Waals surface area contributed by atoms with Gasteiger partial charge in [-0.1, -0.05) is 25.8 Å². The van der Waals surface area contributed by atoms with Gasteiger partial charge in [-0.3, -0.25) is 28.8 Å². The Bertz CT molecular complexity index is 1580. The number of aromatic nitrogens is 1. The highest BCUT2D eigenvalue weighted by Crippen LogP contribution is 2.43. The van der Waals surface area contributed by atoms with Crippen LogP contribution in [0.25, 0.3) is 6.08 Å². The third kappa shape index (κ3) is 8.28. The Morgan fingerprint density at radius 3 is 2.55 bits per heavy atom. The van der Waals surface area contributed by atoms with Crippen molar-refractivity contribution in [1.29, 1.82) is 0 Å². The lowest BCUT2D eigenvalue weighted by molar-refractivity contribution is -0.138. The van der Waals surface area contributed by atoms with Gasteiger partial charge in [0.1, 0.15) is 24.0 Å². The summed E-state index contributed by atoms with van der Waals surface area (Å²) in [6.07, 6.45) is 13.0. The average molecular weight is 648 g/mol. The molecule has 4 amide bonds. The van der Waals surface area contributed by atoms with Crippen LogP contribution in [0.15, 0.2) is 39.7 Å². The van der Waals surface area contributed by atoms with Crippen LogP contribution in [0.3, 0.4) is 0 Å². The molecule has 0 aliphatic heterocycles. The van der Waals surface area contributed by atoms with Gasteiger partial charge in [0.05, 0.1) is 0 Å². The second kappa shape index (κ2) is 15.4. The van der Waals surface area contributed by atoms with Crippen molar-refractivity contribution in [3.8, 4) is 0 Å². The molecule has 2 saturated carbocycles. The fraction of sp³-hybridized carbons (Fsp3) is 0.543. The molecule has 2 bridgehead atoms. The van der Waals surface area contributed by atoms with Gasteiger partial charge in [-0.25, -0.2) is 0 Å². The van der Waals surface area contributed by atoms with Crippen LogP contribution in [0.1, 0.15) is 93.5 Å². The number of pyridine rings is 1. The SMILES string of the molecule is CCNC(=O)C(=O)CC[C@H](NC(=O)c1cc2c(o1)C=CCC2)C(=O)Nc1cccn(CC(=O)NC2C3CCCC2CC(CC)C3)c1=O. The molecule has 0 spiro atoms. The van der Waals surface area contributed by atoms with Crippen LogP contribution in [0.4, 0.5) is 5.69 Å². The van der Waals surface area contributed by atoms with Gasteiger partial charge in [-0.15, -0.1) is 0 Å². The number of hydrogen-bond donors (Lipinski definition) is 4. The second-order valence-electron chi connectivity index (χ2n) is 12.9. The molecule has 5 rings (SSSR count). The van der Waals surface area contributed by atoms with Crippen LogP contribution in [0.2, 0.25) is 0 Å². The molecule has 47 heavy (non-hydrogen) atoms. The van der Waals surface area contributed by atoms with E-state index in [0.29, 0.717) is 29.9 Å². The molecule has 2 aromatic rings. The number of furan rings is 1. The molecule has 12 heteroatoms. The molecule has 0 radical (unpaired) electrons. The number of rotatable bonds is 13. The number of likely N-dealkylation sites (N-methyl/N-ethyl adjacent to an activating group) is 1. The first kappa shape index (κ1) is 33.9. The number of hydrogen-bond acceptors (Lipinski definition) is 7. The molecule has 3 aliphatic carbocycles. The highest BCUT2D eigenvalue weighted by atomic mass is 16.4. The molecule has 2 aromatic heterocycles. The monoisotopic (exact) mass is 647 g/mol. The van der Waals surface area contributed by atoms with Crippen LogP contribution >= 0.6 is 0 Å². The summed E-state index contributed by atoms with van der Waals surface area (Å²) >= 11 is 0. The zero-order valence-electron chi connectivity index (χ0n) is 27.1. The first-order valence-electron chi connectivity index (χ1n) is 16.9. The van der Waals surface area contributed by atoms with Crippen molar-refractivity contribution in [2.75, 3.05) is 11.9 Å². The maximum Gasteiger partial charge on any atom is 0.287 e. The number of allylic oxidation sites excluding steroid dienone is 1. The number of amides is 4. The van der Waals surface area contributed by atoms with E-state index in [9.17, 15) is 28.8 Å². The van der Waals surface area contributed by atoms with Gasteiger partial charge in [0, 0.05) is 25.2 Å². The van der Waals surface area contributed by atoms with Crippen LogP contribution in [-0.4, -0.2) is 52.6 Å². The summed E-state index contributed by atoms with van der Waals surface area (Å²) in [6, 6.07) is 3.43. The minimum Gasteiger partial charge on any atom is -0.451 e. The molecule has 3 aliphatic rings. The highest BCUT2D eigenvalue weighted by molar-refractivity contribution is 6.36. The lowest BCUT2D eigenvalue weighted by Crippen LogP contribution is -2.52. The summed E-state index contributed by atoms with van der Waals surface area (Å²) in [5.41, 5.74) is 0.203. The molecule has 2 fully saturated rings. The fourth-order valence-electron chi connectivity index (χ4n) is 7.27. The van der Waals surface area contributed by atoms with Gasteiger partial charge in [0.25, 0.3) is 17.4 Å². The number of carbonyl (C=O) groups is 5. The van der Waals surface area contributed by atoms with Crippen molar-refractivity contribution in [3.63, 3.8) is 0 Å². The summed E-state index contributed by atoms with van der Waals surface area (Å²) in [4.78, 5) is 77.5. The Labute approximate surface area is 274 Å². The third-order valence-corrected chi connectivity index (χ3v) is 9.72. The van der Waals surface area contributed by atoms with Crippen molar-refractivity contribution >= 4 is 41.2 Å². The normalized spacial score (nSPS) is 22.0. The molecule has 252 valence electrons. The summed E-state index contributed by atoms with van der Waals surface area (Å²) in [5, 5.41) is 10.8. The molecule has 2 unspecified atom stereocenters. The largest absolute Gasteiger partial charge is 0.451 e. The number of nitrogens with zero attached hydrogens (tertiary/aromatic N) is 1. The summed E-state index contributed by atoms with van der Waals surface area (Å²) < 4.78 is 6.91. The predicted molar refractivity (Wildman–Crippen MR) is 175 cm³/mol. The van der Waals surface area contributed by atoms with E-state index in [1.165, 1.54) is 23.3 Å². The van der Waals surface area contributed by atoms with E-state index >= 15 is 0 Å². The number of aryl methyl sites for hydroxylation is 1. The molecule has 2 heterocycles. The number of nitrogens with one attached hydrogen (secondary N) is 4. The Kier molecular flexibility index (Phi) is 11.1. The molecule has 3 atom stereocenters. The molecule has 4 N–H and O–H groups in total. The summed E-state index contributed by atoms with van der Waals surface area (Å²) in [5.74, 6) is -1.01. The first-order chi connectivity index (χ1) is 22.7. The van der Waals surface area contributed by atoms with E-state index < -0.39 is 35.1 Å². The zero-order chi connectivity index (χ0) is 33.5. The number of fused-ring (bicyclic) bond motifs is 3. The average Bonchev–Trinajstić information content (AvgIpc) is 3.49. The lowest BCUT2D eigenvalue weighted by Gasteiger charge is -2.46. The van der Waals surface area contributed by atoms with E-state index in [0.717, 1.165) is 44.1 Å². The quantitative estimate of drug-likeness (QED) is 0.242. The Morgan fingerprint density at radius 1 is 1.09 bits per heavy atom. The second-order valence-corrected chi connectivity index (χ2v) is 12.9. The number of ketones is 1. The molecular weight excluding hydrogens is 602 g/mol. The highest BCUT2D eigenvalue weighted by Gasteiger charge is 2.40. The van der Waals surface area contributed by atoms with Gasteiger partial charge in [0.2, 0.25) is 17.6 Å². The fourth-order valence-corrected chi connectivity index (χ4v) is 7.27. The van der Waals surface area contributed by atoms with Crippen molar-refractivity contribution in [3.05, 3.63) is 57.9 Å². The van der Waals surface area contributed by atoms with Crippen LogP contribution in [0.5, 0.6) is 0 Å². The van der Waals surface area contributed by atoms with E-state index in [-0.39, 0.29) is 49.3 Å². The van der Waals surface area contributed by atoms with Crippen molar-refractivity contribution in [2.45, 2.75) is 96.7 Å². The van der Waals surface area contributed by atoms with Gasteiger partial charge < -0.3 is 30.3 Å². The maximum atomic E-state index is 13.5. The molecule has 12 nitrogen and oxygen atoms in total. The summed E-state index contributed by atoms with van der Waals surface area (Å²) in [6.45, 7) is 3.97. The maximum absolute atomic E-state index is 13.5. The first-order valence-corrected chi connectivity index (χ1v) is 16.9. The van der Waals surface area contributed by atoms with E-state index in [1.54, 1.807) is 25.1 Å². The van der Waals surface area contributed by atoms with Crippen molar-refractivity contribution in [1.82, 2.24) is 20.5 Å². The Balaban J connectivity index is 1.26. The van der Waals surface area contributed by atoms with Crippen molar-refractivity contribution in [2.24, 2.45) is 17.8 Å². The van der Waals surface area contributed by atoms with Crippen LogP contribution in [-0.2, 0) is 32.1 Å². The van der Waals surface area contributed by atoms with Crippen LogP contribution < -0.4 is 26.8 Å². The number of anilines is 1. The van der Waals surface area contributed by atoms with Crippen LogP contribution in [0, 0.1) is 17.8 Å². The smallest absolute Gasteiger partial charge is 0.287 e. The van der Waals surface area contributed by atoms with E-state index in [1.807, 2.05) is 6.08 Å². The summed E-state index contributed by atoms with van der Waals surface area (Å²) in [7, 11) is 0. The van der Waals surface area contributed by atoms with Gasteiger partial charge >= 0.3 is 0 Å². The molecule has 0 saturated heterocycles. The third-order valence-electron chi connectivity index (χ3n) is 9.72. The lowest BCUT2D eigenvalue weighted by atomic mass is 9.64. The number of Topliss-reactive ketones (excluding diaryl/α,β-unsaturated/α-hetero) is 1. The van der Waals surface area contributed by atoms with E-state index in [2.05, 4.69) is 28.2 Å². The topological polar surface area (TPSA) is 169 Å². The molecule has 0 aromatic carbocycles.